The lowest BCUT2D eigenvalue weighted by Gasteiger charge is -2.43. The predicted molar refractivity (Wildman–Crippen MR) is 65.2 cm³/mol. The molecule has 1 fully saturated rings. The minimum Gasteiger partial charge on any atom is -0.330 e. The molecule has 0 amide bonds. The molecule has 1 aliphatic rings. The van der Waals surface area contributed by atoms with E-state index in [1.54, 1.807) is 13.8 Å². The molecule has 1 aromatic carbocycles. The standard InChI is InChI=1S/C14H20FN/c1-13(2,15)11-6-3-4-7-12(11)14(10-16)8-5-9-14/h3-4,6-7H,5,8-10,16H2,1-2H3. The van der Waals surface area contributed by atoms with Crippen LogP contribution in [0.2, 0.25) is 0 Å². The lowest BCUT2D eigenvalue weighted by atomic mass is 9.62. The van der Waals surface area contributed by atoms with Crippen LogP contribution in [-0.2, 0) is 11.1 Å². The summed E-state index contributed by atoms with van der Waals surface area (Å²) in [6.07, 6.45) is 3.39. The SMILES string of the molecule is CC(C)(F)c1ccccc1C1(CN)CCC1. The Labute approximate surface area is 96.9 Å². The van der Waals surface area contributed by atoms with Crippen molar-refractivity contribution in [2.75, 3.05) is 6.54 Å². The van der Waals surface area contributed by atoms with Crippen molar-refractivity contribution < 1.29 is 4.39 Å². The van der Waals surface area contributed by atoms with Crippen LogP contribution in [-0.4, -0.2) is 6.54 Å². The van der Waals surface area contributed by atoms with Crippen molar-refractivity contribution in [3.63, 3.8) is 0 Å². The van der Waals surface area contributed by atoms with E-state index < -0.39 is 5.67 Å². The molecule has 88 valence electrons. The van der Waals surface area contributed by atoms with Gasteiger partial charge in [0.15, 0.2) is 0 Å². The maximum absolute atomic E-state index is 14.2. The molecule has 2 N–H and O–H groups in total. The van der Waals surface area contributed by atoms with Gasteiger partial charge in [0.05, 0.1) is 0 Å². The number of benzene rings is 1. The van der Waals surface area contributed by atoms with Gasteiger partial charge in [0.2, 0.25) is 0 Å². The molecule has 0 bridgehead atoms. The topological polar surface area (TPSA) is 26.0 Å². The number of rotatable bonds is 3. The summed E-state index contributed by atoms with van der Waals surface area (Å²) < 4.78 is 14.2. The van der Waals surface area contributed by atoms with E-state index in [2.05, 4.69) is 0 Å². The molecule has 0 heterocycles. The van der Waals surface area contributed by atoms with E-state index in [0.717, 1.165) is 24.0 Å². The number of halogens is 1. The van der Waals surface area contributed by atoms with Gasteiger partial charge in [0.1, 0.15) is 5.67 Å². The average Bonchev–Trinajstić information content (AvgIpc) is 2.16. The number of hydrogen-bond acceptors (Lipinski definition) is 1. The third-order valence-electron chi connectivity index (χ3n) is 3.84. The first-order valence-corrected chi connectivity index (χ1v) is 5.99. The highest BCUT2D eigenvalue weighted by molar-refractivity contribution is 5.39. The van der Waals surface area contributed by atoms with E-state index in [9.17, 15) is 4.39 Å². The Morgan fingerprint density at radius 2 is 1.94 bits per heavy atom. The molecule has 0 aromatic heterocycles. The Kier molecular flexibility index (Phi) is 2.79. The molecule has 0 radical (unpaired) electrons. The molecule has 0 saturated heterocycles. The van der Waals surface area contributed by atoms with Crippen LogP contribution in [0.4, 0.5) is 4.39 Å². The molecule has 1 aromatic rings. The fraction of sp³-hybridized carbons (Fsp3) is 0.571. The zero-order valence-corrected chi connectivity index (χ0v) is 10.1. The first-order chi connectivity index (χ1) is 7.49. The highest BCUT2D eigenvalue weighted by Crippen LogP contribution is 2.46. The van der Waals surface area contributed by atoms with Crippen LogP contribution in [0.25, 0.3) is 0 Å². The van der Waals surface area contributed by atoms with Crippen molar-refractivity contribution in [2.45, 2.75) is 44.2 Å². The van der Waals surface area contributed by atoms with Crippen LogP contribution >= 0.6 is 0 Å². The molecule has 1 saturated carbocycles. The van der Waals surface area contributed by atoms with Gasteiger partial charge in [-0.25, -0.2) is 4.39 Å². The molecule has 2 rings (SSSR count). The largest absolute Gasteiger partial charge is 0.330 e. The van der Waals surface area contributed by atoms with Crippen LogP contribution in [0, 0.1) is 0 Å². The first kappa shape index (κ1) is 11.6. The van der Waals surface area contributed by atoms with Crippen molar-refractivity contribution in [2.24, 2.45) is 5.73 Å². The summed E-state index contributed by atoms with van der Waals surface area (Å²) in [5.41, 5.74) is 6.58. The van der Waals surface area contributed by atoms with Crippen LogP contribution in [0.3, 0.4) is 0 Å². The Bertz CT molecular complexity index is 369. The zero-order valence-electron chi connectivity index (χ0n) is 10.1. The molecular weight excluding hydrogens is 201 g/mol. The molecule has 16 heavy (non-hydrogen) atoms. The van der Waals surface area contributed by atoms with Crippen molar-refractivity contribution >= 4 is 0 Å². The van der Waals surface area contributed by atoms with Gasteiger partial charge in [0, 0.05) is 12.0 Å². The average molecular weight is 221 g/mol. The van der Waals surface area contributed by atoms with Gasteiger partial charge in [-0.3, -0.25) is 0 Å². The fourth-order valence-electron chi connectivity index (χ4n) is 2.65. The highest BCUT2D eigenvalue weighted by Gasteiger charge is 2.40. The molecule has 0 unspecified atom stereocenters. The second kappa shape index (κ2) is 3.85. The first-order valence-electron chi connectivity index (χ1n) is 5.99. The smallest absolute Gasteiger partial charge is 0.130 e. The summed E-state index contributed by atoms with van der Waals surface area (Å²) >= 11 is 0. The quantitative estimate of drug-likeness (QED) is 0.833. The molecule has 2 heteroatoms. The van der Waals surface area contributed by atoms with Crippen molar-refractivity contribution in [3.05, 3.63) is 35.4 Å². The summed E-state index contributed by atoms with van der Waals surface area (Å²) in [4.78, 5) is 0. The predicted octanol–water partition coefficient (Wildman–Crippen LogP) is 3.27. The van der Waals surface area contributed by atoms with Gasteiger partial charge >= 0.3 is 0 Å². The molecule has 1 nitrogen and oxygen atoms in total. The van der Waals surface area contributed by atoms with E-state index in [-0.39, 0.29) is 5.41 Å². The van der Waals surface area contributed by atoms with Gasteiger partial charge in [0.25, 0.3) is 0 Å². The Morgan fingerprint density at radius 1 is 1.31 bits per heavy atom. The summed E-state index contributed by atoms with van der Waals surface area (Å²) in [5, 5.41) is 0. The van der Waals surface area contributed by atoms with Crippen LogP contribution in [0.15, 0.2) is 24.3 Å². The van der Waals surface area contributed by atoms with E-state index in [1.807, 2.05) is 24.3 Å². The minimum atomic E-state index is -1.28. The van der Waals surface area contributed by atoms with E-state index in [0.29, 0.717) is 6.54 Å². The van der Waals surface area contributed by atoms with Crippen molar-refractivity contribution in [3.8, 4) is 0 Å². The van der Waals surface area contributed by atoms with Gasteiger partial charge in [-0.2, -0.15) is 0 Å². The number of nitrogens with two attached hydrogens (primary N) is 1. The van der Waals surface area contributed by atoms with Gasteiger partial charge in [-0.15, -0.1) is 0 Å². The van der Waals surface area contributed by atoms with Crippen LogP contribution < -0.4 is 5.73 Å². The van der Waals surface area contributed by atoms with E-state index >= 15 is 0 Å². The van der Waals surface area contributed by atoms with E-state index in [1.165, 1.54) is 6.42 Å². The Morgan fingerprint density at radius 3 is 2.38 bits per heavy atom. The second-order valence-corrected chi connectivity index (χ2v) is 5.36. The van der Waals surface area contributed by atoms with Crippen molar-refractivity contribution in [1.82, 2.24) is 0 Å². The maximum atomic E-state index is 14.2. The van der Waals surface area contributed by atoms with Gasteiger partial charge in [-0.05, 0) is 37.8 Å². The summed E-state index contributed by atoms with van der Waals surface area (Å²) in [6, 6.07) is 7.83. The van der Waals surface area contributed by atoms with Crippen LogP contribution in [0.1, 0.15) is 44.2 Å². The van der Waals surface area contributed by atoms with E-state index in [4.69, 9.17) is 5.73 Å². The summed E-state index contributed by atoms with van der Waals surface area (Å²) in [7, 11) is 0. The third-order valence-corrected chi connectivity index (χ3v) is 3.84. The lowest BCUT2D eigenvalue weighted by Crippen LogP contribution is -2.43. The van der Waals surface area contributed by atoms with Crippen LogP contribution in [0.5, 0.6) is 0 Å². The summed E-state index contributed by atoms with van der Waals surface area (Å²) in [5.74, 6) is 0. The fourth-order valence-corrected chi connectivity index (χ4v) is 2.65. The highest BCUT2D eigenvalue weighted by atomic mass is 19.1. The Balaban J connectivity index is 2.48. The van der Waals surface area contributed by atoms with Gasteiger partial charge in [-0.1, -0.05) is 30.7 Å². The van der Waals surface area contributed by atoms with Gasteiger partial charge < -0.3 is 5.73 Å². The summed E-state index contributed by atoms with van der Waals surface area (Å²) in [6.45, 7) is 3.86. The molecule has 0 atom stereocenters. The monoisotopic (exact) mass is 221 g/mol. The molecule has 0 aliphatic heterocycles. The lowest BCUT2D eigenvalue weighted by molar-refractivity contribution is 0.201. The number of alkyl halides is 1. The normalized spacial score (nSPS) is 19.2. The maximum Gasteiger partial charge on any atom is 0.130 e. The minimum absolute atomic E-state index is 0.0416. The molecule has 1 aliphatic carbocycles. The zero-order chi connectivity index (χ0) is 11.8. The van der Waals surface area contributed by atoms with Crippen molar-refractivity contribution in [1.29, 1.82) is 0 Å². The second-order valence-electron chi connectivity index (χ2n) is 5.36. The molecular formula is C14H20FN. The third kappa shape index (κ3) is 1.75. The molecule has 0 spiro atoms. The Hall–Kier alpha value is -0.890. The number of hydrogen-bond donors (Lipinski definition) is 1.